The molecule has 1 aliphatic rings. The lowest BCUT2D eigenvalue weighted by Crippen LogP contribution is -2.39. The summed E-state index contributed by atoms with van der Waals surface area (Å²) in [7, 11) is -3.37. The summed E-state index contributed by atoms with van der Waals surface area (Å²) in [6.07, 6.45) is 0.965. The van der Waals surface area contributed by atoms with Crippen LogP contribution < -0.4 is 11.2 Å². The van der Waals surface area contributed by atoms with E-state index < -0.39 is 24.6 Å². The molecule has 0 amide bonds. The number of nitrogens with one attached hydrogen (secondary N) is 1. The summed E-state index contributed by atoms with van der Waals surface area (Å²) in [5.41, 5.74) is -0.403. The summed E-state index contributed by atoms with van der Waals surface area (Å²) >= 11 is 1.31. The second-order valence-corrected chi connectivity index (χ2v) is 8.48. The third kappa shape index (κ3) is 4.16. The van der Waals surface area contributed by atoms with E-state index in [2.05, 4.69) is 4.98 Å². The first kappa shape index (κ1) is 18.5. The molecule has 0 spiro atoms. The van der Waals surface area contributed by atoms with Gasteiger partial charge in [0.15, 0.2) is 0 Å². The molecule has 1 fully saturated rings. The smallest absolute Gasteiger partial charge is 0.349 e. The Labute approximate surface area is 138 Å². The molecular formula is C13H21N2O6PS. The van der Waals surface area contributed by atoms with Crippen LogP contribution in [0, 0.1) is 6.92 Å². The summed E-state index contributed by atoms with van der Waals surface area (Å²) in [5.74, 6) is 0.495. The maximum Gasteiger partial charge on any atom is 0.369 e. The van der Waals surface area contributed by atoms with Crippen LogP contribution in [-0.2, 0) is 24.9 Å². The molecule has 2 unspecified atom stereocenters. The van der Waals surface area contributed by atoms with Gasteiger partial charge in [0.1, 0.15) is 0 Å². The van der Waals surface area contributed by atoms with E-state index in [1.54, 1.807) is 20.8 Å². The van der Waals surface area contributed by atoms with Gasteiger partial charge in [0.2, 0.25) is 5.18 Å². The van der Waals surface area contributed by atoms with E-state index in [4.69, 9.17) is 13.8 Å². The van der Waals surface area contributed by atoms with Crippen LogP contribution in [0.5, 0.6) is 0 Å². The Morgan fingerprint density at radius 3 is 2.65 bits per heavy atom. The quantitative estimate of drug-likeness (QED) is 0.732. The maximum absolute atomic E-state index is 12.7. The fourth-order valence-electron chi connectivity index (χ4n) is 2.20. The summed E-state index contributed by atoms with van der Waals surface area (Å²) in [6.45, 7) is 5.68. The summed E-state index contributed by atoms with van der Waals surface area (Å²) in [5, 5.41) is -0.744. The molecule has 10 heteroatoms. The molecule has 0 aromatic carbocycles. The van der Waals surface area contributed by atoms with Crippen LogP contribution in [0.15, 0.2) is 15.8 Å². The Hall–Kier alpha value is -0.860. The fourth-order valence-corrected chi connectivity index (χ4v) is 5.71. The Balaban J connectivity index is 2.12. The van der Waals surface area contributed by atoms with Crippen molar-refractivity contribution in [2.75, 3.05) is 19.0 Å². The molecule has 8 nitrogen and oxygen atoms in total. The molecule has 0 bridgehead atoms. The van der Waals surface area contributed by atoms with Crippen molar-refractivity contribution < 1.29 is 18.3 Å². The van der Waals surface area contributed by atoms with Gasteiger partial charge in [-0.2, -0.15) is 0 Å². The first-order valence-electron chi connectivity index (χ1n) is 7.36. The molecule has 1 N–H and O–H groups in total. The number of aromatic nitrogens is 2. The highest BCUT2D eigenvalue weighted by molar-refractivity contribution is 8.05. The van der Waals surface area contributed by atoms with Crippen molar-refractivity contribution in [3.8, 4) is 0 Å². The molecular weight excluding hydrogens is 343 g/mol. The monoisotopic (exact) mass is 364 g/mol. The van der Waals surface area contributed by atoms with Crippen molar-refractivity contribution in [3.63, 3.8) is 0 Å². The lowest BCUT2D eigenvalue weighted by Gasteiger charge is -2.22. The average molecular weight is 364 g/mol. The molecule has 2 atom stereocenters. The lowest BCUT2D eigenvalue weighted by atomic mass is 10.3. The minimum absolute atomic E-state index is 0.0948. The van der Waals surface area contributed by atoms with Gasteiger partial charge in [0.05, 0.1) is 25.9 Å². The van der Waals surface area contributed by atoms with Crippen LogP contribution in [0.25, 0.3) is 0 Å². The summed E-state index contributed by atoms with van der Waals surface area (Å²) in [6, 6.07) is 0. The van der Waals surface area contributed by atoms with Crippen LogP contribution in [0.3, 0.4) is 0 Å². The topological polar surface area (TPSA) is 99.6 Å². The third-order valence-corrected chi connectivity index (χ3v) is 7.29. The number of ether oxygens (including phenoxy) is 1. The largest absolute Gasteiger partial charge is 0.369 e. The molecule has 1 aromatic rings. The number of aromatic amines is 1. The summed E-state index contributed by atoms with van der Waals surface area (Å²) in [4.78, 5) is 26.3. The van der Waals surface area contributed by atoms with Gasteiger partial charge < -0.3 is 18.8 Å². The number of H-pyrrole nitrogens is 1. The van der Waals surface area contributed by atoms with Gasteiger partial charge in [-0.1, -0.05) is 0 Å². The standard InChI is InChI=1S/C13H21N2O6PS/c1-4-19-22(18,20-5-2)13-21-10(8-23-13)7-15-11(16)9(3)6-14-12(15)17/h6,10,13H,4-5,7-8H2,1-3H3,(H,14,17). The zero-order valence-electron chi connectivity index (χ0n) is 13.3. The van der Waals surface area contributed by atoms with Gasteiger partial charge in [-0.25, -0.2) is 4.79 Å². The van der Waals surface area contributed by atoms with E-state index in [0.29, 0.717) is 11.3 Å². The number of nitrogens with zero attached hydrogens (tertiary/aromatic N) is 1. The predicted molar refractivity (Wildman–Crippen MR) is 88.0 cm³/mol. The first-order chi connectivity index (χ1) is 10.9. The van der Waals surface area contributed by atoms with Crippen molar-refractivity contribution in [1.82, 2.24) is 9.55 Å². The molecule has 130 valence electrons. The molecule has 23 heavy (non-hydrogen) atoms. The van der Waals surface area contributed by atoms with Gasteiger partial charge in [-0.3, -0.25) is 13.9 Å². The van der Waals surface area contributed by atoms with E-state index in [-0.39, 0.29) is 25.3 Å². The Bertz CT molecular complexity index is 692. The van der Waals surface area contributed by atoms with Crippen molar-refractivity contribution in [1.29, 1.82) is 0 Å². The molecule has 0 saturated carbocycles. The maximum atomic E-state index is 12.7. The van der Waals surface area contributed by atoms with E-state index in [1.165, 1.54) is 18.0 Å². The van der Waals surface area contributed by atoms with Crippen LogP contribution in [-0.4, -0.2) is 39.8 Å². The number of hydrogen-bond donors (Lipinski definition) is 1. The van der Waals surface area contributed by atoms with Gasteiger partial charge in [0.25, 0.3) is 5.56 Å². The molecule has 0 aliphatic carbocycles. The minimum atomic E-state index is -3.37. The molecule has 1 saturated heterocycles. The second kappa shape index (κ2) is 7.81. The van der Waals surface area contributed by atoms with Crippen molar-refractivity contribution in [2.24, 2.45) is 0 Å². The van der Waals surface area contributed by atoms with E-state index in [9.17, 15) is 14.2 Å². The summed E-state index contributed by atoms with van der Waals surface area (Å²) < 4.78 is 30.0. The van der Waals surface area contributed by atoms with Crippen LogP contribution in [0.4, 0.5) is 0 Å². The van der Waals surface area contributed by atoms with Crippen LogP contribution in [0.1, 0.15) is 19.4 Å². The van der Waals surface area contributed by atoms with Gasteiger partial charge >= 0.3 is 13.3 Å². The van der Waals surface area contributed by atoms with Crippen LogP contribution in [0.2, 0.25) is 0 Å². The highest BCUT2D eigenvalue weighted by Gasteiger charge is 2.43. The fraction of sp³-hybridized carbons (Fsp3) is 0.692. The second-order valence-electron chi connectivity index (χ2n) is 4.97. The van der Waals surface area contributed by atoms with Crippen molar-refractivity contribution >= 4 is 19.4 Å². The zero-order valence-corrected chi connectivity index (χ0v) is 15.0. The molecule has 2 rings (SSSR count). The Kier molecular flexibility index (Phi) is 6.27. The average Bonchev–Trinajstić information content (AvgIpc) is 2.98. The SMILES string of the molecule is CCOP(=O)(OCC)C1OC(Cn2c(=O)[nH]cc(C)c2=O)CS1. The van der Waals surface area contributed by atoms with E-state index in [1.807, 2.05) is 0 Å². The number of rotatable bonds is 7. The van der Waals surface area contributed by atoms with Crippen LogP contribution >= 0.6 is 19.4 Å². The van der Waals surface area contributed by atoms with Gasteiger partial charge in [0, 0.05) is 17.5 Å². The van der Waals surface area contributed by atoms with E-state index in [0.717, 1.165) is 4.57 Å². The van der Waals surface area contributed by atoms with E-state index >= 15 is 0 Å². The lowest BCUT2D eigenvalue weighted by molar-refractivity contribution is 0.0656. The Morgan fingerprint density at radius 2 is 2.04 bits per heavy atom. The highest BCUT2D eigenvalue weighted by atomic mass is 32.2. The predicted octanol–water partition coefficient (Wildman–Crippen LogP) is 1.53. The number of hydrogen-bond acceptors (Lipinski definition) is 7. The minimum Gasteiger partial charge on any atom is -0.349 e. The highest BCUT2D eigenvalue weighted by Crippen LogP contribution is 2.59. The number of aryl methyl sites for hydroxylation is 1. The molecule has 0 radical (unpaired) electrons. The molecule has 1 aromatic heterocycles. The van der Waals surface area contributed by atoms with Crippen molar-refractivity contribution in [2.45, 2.75) is 38.6 Å². The van der Waals surface area contributed by atoms with Gasteiger partial charge in [-0.15, -0.1) is 11.8 Å². The Morgan fingerprint density at radius 1 is 1.39 bits per heavy atom. The zero-order chi connectivity index (χ0) is 17.0. The van der Waals surface area contributed by atoms with Gasteiger partial charge in [-0.05, 0) is 20.8 Å². The normalized spacial score (nSPS) is 21.7. The van der Waals surface area contributed by atoms with Crippen molar-refractivity contribution in [3.05, 3.63) is 32.6 Å². The first-order valence-corrected chi connectivity index (χ1v) is 10.0. The number of thioether (sulfide) groups is 1. The molecule has 1 aliphatic heterocycles. The molecule has 2 heterocycles. The third-order valence-electron chi connectivity index (χ3n) is 3.24.